The SMILES string of the molecule is NC(N)=NC(N)=Nc1ccc(Cl)c(Cl)c1.[Cl-]. The molecule has 1 aromatic carbocycles. The maximum absolute atomic E-state index is 5.78. The van der Waals surface area contributed by atoms with Crippen molar-refractivity contribution < 1.29 is 12.4 Å². The van der Waals surface area contributed by atoms with Crippen LogP contribution in [-0.2, 0) is 0 Å². The summed E-state index contributed by atoms with van der Waals surface area (Å²) in [5.41, 5.74) is 16.2. The van der Waals surface area contributed by atoms with E-state index in [4.69, 9.17) is 40.4 Å². The van der Waals surface area contributed by atoms with Crippen LogP contribution in [0.4, 0.5) is 5.69 Å². The van der Waals surface area contributed by atoms with Crippen molar-refractivity contribution in [1.82, 2.24) is 0 Å². The van der Waals surface area contributed by atoms with Crippen molar-refractivity contribution in [2.75, 3.05) is 0 Å². The van der Waals surface area contributed by atoms with E-state index in [2.05, 4.69) is 9.98 Å². The van der Waals surface area contributed by atoms with Gasteiger partial charge in [0.25, 0.3) is 0 Å². The molecule has 6 N–H and O–H groups in total. The van der Waals surface area contributed by atoms with Gasteiger partial charge in [-0.1, -0.05) is 23.2 Å². The zero-order valence-electron chi connectivity index (χ0n) is 7.99. The molecule has 1 aromatic rings. The summed E-state index contributed by atoms with van der Waals surface area (Å²) >= 11 is 11.5. The minimum Gasteiger partial charge on any atom is -1.00 e. The predicted octanol–water partition coefficient (Wildman–Crippen LogP) is -1.78. The normalized spacial score (nSPS) is 10.5. The van der Waals surface area contributed by atoms with Crippen LogP contribution in [0.15, 0.2) is 28.2 Å². The third-order valence-corrected chi connectivity index (χ3v) is 2.13. The van der Waals surface area contributed by atoms with Gasteiger partial charge < -0.3 is 29.6 Å². The molecule has 0 aromatic heterocycles. The average Bonchev–Trinajstić information content (AvgIpc) is 2.10. The Balaban J connectivity index is 0.00000225. The number of aliphatic imine (C=N–C) groups is 2. The van der Waals surface area contributed by atoms with Crippen LogP contribution in [0.5, 0.6) is 0 Å². The van der Waals surface area contributed by atoms with Crippen LogP contribution >= 0.6 is 23.2 Å². The molecule has 88 valence electrons. The highest BCUT2D eigenvalue weighted by atomic mass is 35.5. The van der Waals surface area contributed by atoms with Gasteiger partial charge >= 0.3 is 0 Å². The van der Waals surface area contributed by atoms with Crippen molar-refractivity contribution in [2.45, 2.75) is 0 Å². The van der Waals surface area contributed by atoms with E-state index in [1.165, 1.54) is 0 Å². The van der Waals surface area contributed by atoms with Crippen molar-refractivity contribution in [3.05, 3.63) is 28.2 Å². The summed E-state index contributed by atoms with van der Waals surface area (Å²) in [4.78, 5) is 7.45. The van der Waals surface area contributed by atoms with E-state index >= 15 is 0 Å². The molecule has 0 radical (unpaired) electrons. The largest absolute Gasteiger partial charge is 1.00 e. The standard InChI is InChI=1S/C8H9Cl2N5.ClH/c9-5-2-1-4(3-6(5)10)14-8(13)15-7(11)12;/h1-3H,(H6,11,12,13,14,15);1H/p-1. The van der Waals surface area contributed by atoms with Gasteiger partial charge in [-0.05, 0) is 18.2 Å². The number of rotatable bonds is 1. The molecule has 0 amide bonds. The molecular weight excluding hydrogens is 272 g/mol. The van der Waals surface area contributed by atoms with Gasteiger partial charge in [-0.3, -0.25) is 0 Å². The lowest BCUT2D eigenvalue weighted by molar-refractivity contribution is -0.00000347. The molecule has 0 aliphatic heterocycles. The van der Waals surface area contributed by atoms with Crippen LogP contribution in [0.3, 0.4) is 0 Å². The summed E-state index contributed by atoms with van der Waals surface area (Å²) < 4.78 is 0. The summed E-state index contributed by atoms with van der Waals surface area (Å²) in [7, 11) is 0. The minimum absolute atomic E-state index is 0. The van der Waals surface area contributed by atoms with E-state index in [-0.39, 0.29) is 24.3 Å². The Morgan fingerprint density at radius 1 is 1.06 bits per heavy atom. The molecule has 8 heteroatoms. The summed E-state index contributed by atoms with van der Waals surface area (Å²) in [6, 6.07) is 4.80. The second kappa shape index (κ2) is 6.42. The lowest BCUT2D eigenvalue weighted by Crippen LogP contribution is -3.00. The molecule has 0 fully saturated rings. The number of benzene rings is 1. The van der Waals surface area contributed by atoms with Crippen LogP contribution in [0.25, 0.3) is 0 Å². The minimum atomic E-state index is -0.156. The second-order valence-corrected chi connectivity index (χ2v) is 3.42. The predicted molar refractivity (Wildman–Crippen MR) is 63.6 cm³/mol. The molecule has 0 unspecified atom stereocenters. The Bertz CT molecular complexity index is 426. The van der Waals surface area contributed by atoms with Gasteiger partial charge in [0, 0.05) is 0 Å². The van der Waals surface area contributed by atoms with E-state index in [0.717, 1.165) is 0 Å². The monoisotopic (exact) mass is 280 g/mol. The first-order valence-corrected chi connectivity index (χ1v) is 4.63. The quantitative estimate of drug-likeness (QED) is 0.419. The van der Waals surface area contributed by atoms with Gasteiger partial charge in [0.2, 0.25) is 5.96 Å². The third-order valence-electron chi connectivity index (χ3n) is 1.39. The maximum Gasteiger partial charge on any atom is 0.223 e. The van der Waals surface area contributed by atoms with E-state index < -0.39 is 0 Å². The van der Waals surface area contributed by atoms with Crippen molar-refractivity contribution in [3.63, 3.8) is 0 Å². The summed E-state index contributed by atoms with van der Waals surface area (Å²) in [5, 5.41) is 0.825. The molecule has 1 rings (SSSR count). The molecule has 0 atom stereocenters. The number of nitrogens with zero attached hydrogens (tertiary/aromatic N) is 2. The molecule has 5 nitrogen and oxygen atoms in total. The molecule has 0 saturated heterocycles. The van der Waals surface area contributed by atoms with Crippen LogP contribution < -0.4 is 29.6 Å². The van der Waals surface area contributed by atoms with Gasteiger partial charge in [0.15, 0.2) is 5.96 Å². The molecule has 0 saturated carbocycles. The third kappa shape index (κ3) is 4.57. The lowest BCUT2D eigenvalue weighted by atomic mass is 10.3. The molecule has 0 aliphatic rings. The number of nitrogens with two attached hydrogens (primary N) is 3. The second-order valence-electron chi connectivity index (χ2n) is 2.61. The zero-order chi connectivity index (χ0) is 11.4. The Morgan fingerprint density at radius 2 is 1.69 bits per heavy atom. The van der Waals surface area contributed by atoms with Crippen LogP contribution in [0.2, 0.25) is 10.0 Å². The van der Waals surface area contributed by atoms with Gasteiger partial charge in [-0.15, -0.1) is 0 Å². The Hall–Kier alpha value is -1.17. The Morgan fingerprint density at radius 3 is 2.19 bits per heavy atom. The first-order valence-electron chi connectivity index (χ1n) is 3.88. The summed E-state index contributed by atoms with van der Waals surface area (Å²) in [5.74, 6) is -0.204. The topological polar surface area (TPSA) is 103 Å². The van der Waals surface area contributed by atoms with Crippen molar-refractivity contribution >= 4 is 40.8 Å². The molecule has 0 bridgehead atoms. The number of hydrogen-bond donors (Lipinski definition) is 3. The zero-order valence-corrected chi connectivity index (χ0v) is 10.3. The van der Waals surface area contributed by atoms with Gasteiger partial charge in [-0.25, -0.2) is 4.99 Å². The van der Waals surface area contributed by atoms with E-state index in [1.807, 2.05) is 0 Å². The first kappa shape index (κ1) is 14.8. The number of halogens is 3. The fourth-order valence-corrected chi connectivity index (χ4v) is 1.14. The van der Waals surface area contributed by atoms with Gasteiger partial charge in [0.05, 0.1) is 15.7 Å². The molecular formula is C8H9Cl3N5-. The number of guanidine groups is 2. The highest BCUT2D eigenvalue weighted by molar-refractivity contribution is 6.42. The van der Waals surface area contributed by atoms with Gasteiger partial charge in [0.1, 0.15) is 0 Å². The van der Waals surface area contributed by atoms with Crippen molar-refractivity contribution in [1.29, 1.82) is 0 Å². The van der Waals surface area contributed by atoms with Crippen LogP contribution in [0.1, 0.15) is 0 Å². The Labute approximate surface area is 109 Å². The lowest BCUT2D eigenvalue weighted by Gasteiger charge is -1.98. The van der Waals surface area contributed by atoms with E-state index in [1.54, 1.807) is 18.2 Å². The van der Waals surface area contributed by atoms with E-state index in [0.29, 0.717) is 15.7 Å². The summed E-state index contributed by atoms with van der Waals surface area (Å²) in [6.45, 7) is 0. The average molecular weight is 282 g/mol. The highest BCUT2D eigenvalue weighted by Gasteiger charge is 1.98. The number of hydrogen-bond acceptors (Lipinski definition) is 1. The van der Waals surface area contributed by atoms with Gasteiger partial charge in [-0.2, -0.15) is 4.99 Å². The van der Waals surface area contributed by atoms with Crippen molar-refractivity contribution in [3.8, 4) is 0 Å². The Kier molecular flexibility index (Phi) is 5.95. The van der Waals surface area contributed by atoms with E-state index in [9.17, 15) is 0 Å². The summed E-state index contributed by atoms with van der Waals surface area (Å²) in [6.07, 6.45) is 0. The molecule has 0 spiro atoms. The molecule has 0 aliphatic carbocycles. The molecule has 16 heavy (non-hydrogen) atoms. The van der Waals surface area contributed by atoms with Crippen molar-refractivity contribution in [2.24, 2.45) is 27.2 Å². The van der Waals surface area contributed by atoms with Crippen LogP contribution in [0, 0.1) is 0 Å². The van der Waals surface area contributed by atoms with Crippen LogP contribution in [-0.4, -0.2) is 11.9 Å². The maximum atomic E-state index is 5.78. The fourth-order valence-electron chi connectivity index (χ4n) is 0.844. The smallest absolute Gasteiger partial charge is 0.223 e. The fraction of sp³-hybridized carbons (Fsp3) is 0. The molecule has 0 heterocycles. The highest BCUT2D eigenvalue weighted by Crippen LogP contribution is 2.26. The first-order chi connectivity index (χ1) is 6.99.